The third-order valence-corrected chi connectivity index (χ3v) is 7.25. The van der Waals surface area contributed by atoms with E-state index in [1.807, 2.05) is 55.3 Å². The van der Waals surface area contributed by atoms with Gasteiger partial charge in [-0.25, -0.2) is 9.37 Å². The molecule has 1 saturated heterocycles. The molecule has 1 aliphatic heterocycles. The molecule has 172 valence electrons. The summed E-state index contributed by atoms with van der Waals surface area (Å²) >= 11 is 0. The molecule has 0 unspecified atom stereocenters. The third-order valence-electron chi connectivity index (χ3n) is 7.25. The number of phenols is 1. The van der Waals surface area contributed by atoms with E-state index in [0.717, 1.165) is 24.1 Å². The molecule has 2 aromatic heterocycles. The van der Waals surface area contributed by atoms with Crippen molar-refractivity contribution in [2.45, 2.75) is 38.0 Å². The van der Waals surface area contributed by atoms with Crippen LogP contribution in [-0.2, 0) is 0 Å². The van der Waals surface area contributed by atoms with Crippen LogP contribution in [0.1, 0.15) is 20.3 Å². The van der Waals surface area contributed by atoms with Crippen molar-refractivity contribution in [3.8, 4) is 34.0 Å². The van der Waals surface area contributed by atoms with Gasteiger partial charge >= 0.3 is 0 Å². The molecule has 2 N–H and O–H groups in total. The van der Waals surface area contributed by atoms with Gasteiger partial charge in [0.15, 0.2) is 5.82 Å². The lowest BCUT2D eigenvalue weighted by molar-refractivity contribution is 0.140. The average Bonchev–Trinajstić information content (AvgIpc) is 3.24. The van der Waals surface area contributed by atoms with Crippen molar-refractivity contribution in [3.63, 3.8) is 0 Å². The normalized spacial score (nSPS) is 28.2. The fraction of sp³-hybridized carbons (Fsp3) is 0.400. The summed E-state index contributed by atoms with van der Waals surface area (Å²) < 4.78 is 20.5. The van der Waals surface area contributed by atoms with Gasteiger partial charge in [0.25, 0.3) is 0 Å². The number of fused-ring (bicyclic) bond motifs is 2. The topological polar surface area (TPSA) is 83.4 Å². The smallest absolute Gasteiger partial charge is 0.213 e. The van der Waals surface area contributed by atoms with Gasteiger partial charge in [-0.3, -0.25) is 0 Å². The second kappa shape index (κ2) is 7.66. The fourth-order valence-corrected chi connectivity index (χ4v) is 5.57. The van der Waals surface area contributed by atoms with E-state index in [0.29, 0.717) is 23.0 Å². The molecule has 33 heavy (non-hydrogen) atoms. The number of hydrogen-bond donors (Lipinski definition) is 2. The molecule has 0 amide bonds. The van der Waals surface area contributed by atoms with E-state index in [4.69, 9.17) is 4.74 Å². The number of phenolic OH excluding ortho intramolecular Hbond substituents is 1. The Balaban J connectivity index is 1.39. The lowest BCUT2D eigenvalue weighted by atomic mass is 9.84. The number of anilines is 1. The summed E-state index contributed by atoms with van der Waals surface area (Å²) in [5, 5.41) is 22.7. The van der Waals surface area contributed by atoms with Crippen molar-refractivity contribution in [2.24, 2.45) is 5.41 Å². The first-order valence-electron chi connectivity index (χ1n) is 11.0. The second-order valence-electron chi connectivity index (χ2n) is 9.65. The van der Waals surface area contributed by atoms with Crippen molar-refractivity contribution < 1.29 is 14.2 Å². The van der Waals surface area contributed by atoms with Gasteiger partial charge in [-0.15, -0.1) is 10.2 Å². The minimum atomic E-state index is -0.994. The van der Waals surface area contributed by atoms with Crippen LogP contribution in [0.2, 0.25) is 0 Å². The number of ether oxygens (including phenoxy) is 1. The van der Waals surface area contributed by atoms with Crippen LogP contribution in [0.3, 0.4) is 0 Å². The van der Waals surface area contributed by atoms with Gasteiger partial charge in [0.2, 0.25) is 5.88 Å². The molecule has 8 heteroatoms. The van der Waals surface area contributed by atoms with E-state index in [1.54, 1.807) is 19.4 Å². The zero-order valence-electron chi connectivity index (χ0n) is 19.2. The van der Waals surface area contributed by atoms with Crippen LogP contribution in [-0.4, -0.2) is 58.7 Å². The SMILES string of the molecule is COc1cc(-c2ccc(-c3ccc(N(C)[C@@H]4[C@@H](F)[C@]5(C)C[C@@]4(C)CN5)nn3)c(O)c2)ccn1. The number of rotatable bonds is 5. The van der Waals surface area contributed by atoms with Crippen LogP contribution in [0.25, 0.3) is 22.4 Å². The molecule has 1 aliphatic carbocycles. The van der Waals surface area contributed by atoms with Crippen LogP contribution in [0.4, 0.5) is 10.2 Å². The molecule has 2 bridgehead atoms. The molecule has 7 nitrogen and oxygen atoms in total. The van der Waals surface area contributed by atoms with E-state index < -0.39 is 11.7 Å². The number of aromatic nitrogens is 3. The molecule has 1 aromatic carbocycles. The average molecular weight is 450 g/mol. The Kier molecular flexibility index (Phi) is 5.01. The Morgan fingerprint density at radius 3 is 2.55 bits per heavy atom. The van der Waals surface area contributed by atoms with Crippen molar-refractivity contribution in [1.29, 1.82) is 0 Å². The van der Waals surface area contributed by atoms with E-state index in [2.05, 4.69) is 27.4 Å². The highest BCUT2D eigenvalue weighted by Gasteiger charge is 2.63. The molecular formula is C25H28FN5O2. The molecule has 2 aliphatic rings. The molecule has 0 spiro atoms. The highest BCUT2D eigenvalue weighted by Crippen LogP contribution is 2.52. The monoisotopic (exact) mass is 449 g/mol. The predicted molar refractivity (Wildman–Crippen MR) is 125 cm³/mol. The molecule has 0 radical (unpaired) electrons. The predicted octanol–water partition coefficient (Wildman–Crippen LogP) is 3.83. The van der Waals surface area contributed by atoms with E-state index in [1.165, 1.54) is 0 Å². The molecule has 1 saturated carbocycles. The van der Waals surface area contributed by atoms with Crippen LogP contribution in [0.5, 0.6) is 11.6 Å². The maximum atomic E-state index is 15.3. The Labute approximate surface area is 192 Å². The zero-order chi connectivity index (χ0) is 23.4. The van der Waals surface area contributed by atoms with Crippen molar-refractivity contribution in [3.05, 3.63) is 48.7 Å². The van der Waals surface area contributed by atoms with Gasteiger partial charge in [-0.1, -0.05) is 13.0 Å². The van der Waals surface area contributed by atoms with Crippen molar-refractivity contribution in [1.82, 2.24) is 20.5 Å². The molecule has 4 atom stereocenters. The quantitative estimate of drug-likeness (QED) is 0.612. The summed E-state index contributed by atoms with van der Waals surface area (Å²) in [5.74, 6) is 1.22. The number of hydrogen-bond acceptors (Lipinski definition) is 7. The lowest BCUT2D eigenvalue weighted by Gasteiger charge is -2.42. The van der Waals surface area contributed by atoms with Crippen molar-refractivity contribution >= 4 is 5.82 Å². The van der Waals surface area contributed by atoms with Gasteiger partial charge in [-0.05, 0) is 54.8 Å². The Bertz CT molecular complexity index is 1190. The summed E-state index contributed by atoms with van der Waals surface area (Å²) in [4.78, 5) is 6.02. The number of methoxy groups -OCH3 is 1. The molecule has 3 heterocycles. The third kappa shape index (κ3) is 3.49. The minimum Gasteiger partial charge on any atom is -0.507 e. The van der Waals surface area contributed by atoms with E-state index in [-0.39, 0.29) is 17.2 Å². The maximum Gasteiger partial charge on any atom is 0.213 e. The molecule has 5 rings (SSSR count). The summed E-state index contributed by atoms with van der Waals surface area (Å²) in [7, 11) is 3.44. The molecular weight excluding hydrogens is 421 g/mol. The lowest BCUT2D eigenvalue weighted by Crippen LogP contribution is -2.59. The highest BCUT2D eigenvalue weighted by molar-refractivity contribution is 5.74. The number of aromatic hydroxyl groups is 1. The number of alkyl halides is 1. The first-order chi connectivity index (χ1) is 15.7. The summed E-state index contributed by atoms with van der Waals surface area (Å²) in [5.41, 5.74) is 2.19. The number of piperidine rings is 1. The summed E-state index contributed by atoms with van der Waals surface area (Å²) in [6.07, 6.45) is 1.46. The summed E-state index contributed by atoms with van der Waals surface area (Å²) in [6, 6.07) is 12.4. The first-order valence-corrected chi connectivity index (χ1v) is 11.0. The standard InChI is InChI=1S/C25H28FN5O2/c1-24-13-25(2,28-14-24)22(26)23(24)31(3)20-8-7-18(29-30-20)17-6-5-15(11-19(17)32)16-9-10-27-21(12-16)33-4/h5-12,22-23,28,32H,13-14H2,1-4H3/t22-,23-,24+,25+/m1/s1. The number of benzene rings is 1. The Hall–Kier alpha value is -3.26. The van der Waals surface area contributed by atoms with Crippen LogP contribution < -0.4 is 15.0 Å². The Morgan fingerprint density at radius 2 is 1.91 bits per heavy atom. The Morgan fingerprint density at radius 1 is 1.12 bits per heavy atom. The molecule has 3 aromatic rings. The number of halogens is 1. The van der Waals surface area contributed by atoms with Gasteiger partial charge in [0, 0.05) is 42.4 Å². The van der Waals surface area contributed by atoms with Crippen LogP contribution in [0, 0.1) is 5.41 Å². The second-order valence-corrected chi connectivity index (χ2v) is 9.65. The van der Waals surface area contributed by atoms with Gasteiger partial charge < -0.3 is 20.1 Å². The van der Waals surface area contributed by atoms with Gasteiger partial charge in [0.05, 0.1) is 18.8 Å². The van der Waals surface area contributed by atoms with Crippen LogP contribution in [0.15, 0.2) is 48.7 Å². The highest BCUT2D eigenvalue weighted by atomic mass is 19.1. The number of pyridine rings is 1. The molecule has 2 fully saturated rings. The first kappa shape index (κ1) is 21.6. The van der Waals surface area contributed by atoms with Crippen molar-refractivity contribution in [2.75, 3.05) is 25.6 Å². The van der Waals surface area contributed by atoms with E-state index in [9.17, 15) is 5.11 Å². The summed E-state index contributed by atoms with van der Waals surface area (Å²) in [6.45, 7) is 4.87. The van der Waals surface area contributed by atoms with E-state index >= 15 is 4.39 Å². The largest absolute Gasteiger partial charge is 0.507 e. The van der Waals surface area contributed by atoms with Crippen LogP contribution >= 0.6 is 0 Å². The number of nitrogens with zero attached hydrogens (tertiary/aromatic N) is 4. The zero-order valence-corrected chi connectivity index (χ0v) is 19.2. The van der Waals surface area contributed by atoms with Gasteiger partial charge in [0.1, 0.15) is 11.9 Å². The van der Waals surface area contributed by atoms with Gasteiger partial charge in [-0.2, -0.15) is 0 Å². The fourth-order valence-electron chi connectivity index (χ4n) is 5.57. The number of nitrogens with one attached hydrogen (secondary N) is 1. The maximum absolute atomic E-state index is 15.3. The minimum absolute atomic E-state index is 0.0992.